The minimum atomic E-state index is -0.398. The van der Waals surface area contributed by atoms with Crippen molar-refractivity contribution in [3.63, 3.8) is 0 Å². The highest BCUT2D eigenvalue weighted by molar-refractivity contribution is 6.31. The first kappa shape index (κ1) is 19.3. The van der Waals surface area contributed by atoms with Crippen molar-refractivity contribution in [2.45, 2.75) is 13.5 Å². The molecule has 0 bridgehead atoms. The van der Waals surface area contributed by atoms with Gasteiger partial charge in [-0.05, 0) is 42.0 Å². The van der Waals surface area contributed by atoms with Gasteiger partial charge in [0.15, 0.2) is 5.69 Å². The number of rotatable bonds is 6. The summed E-state index contributed by atoms with van der Waals surface area (Å²) in [5.74, 6) is -0.0523. The number of hydrogen-bond donors (Lipinski definition) is 3. The number of carbonyl (C=O) groups excluding carboxylic acids is 2. The molecule has 3 rings (SSSR count). The third-order valence-electron chi connectivity index (χ3n) is 3.76. The van der Waals surface area contributed by atoms with Gasteiger partial charge in [-0.15, -0.1) is 10.2 Å². The normalized spacial score (nSPS) is 10.2. The molecule has 3 N–H and O–H groups in total. The number of anilines is 3. The Morgan fingerprint density at radius 2 is 1.68 bits per heavy atom. The molecule has 0 aliphatic rings. The summed E-state index contributed by atoms with van der Waals surface area (Å²) in [4.78, 5) is 23.5. The van der Waals surface area contributed by atoms with Crippen LogP contribution in [0.15, 0.2) is 60.7 Å². The van der Waals surface area contributed by atoms with Crippen LogP contribution in [0.5, 0.6) is 0 Å². The third kappa shape index (κ3) is 5.28. The monoisotopic (exact) mass is 395 g/mol. The Hall–Kier alpha value is -3.45. The minimum absolute atomic E-state index is 0.174. The Labute approximate surface area is 167 Å². The molecule has 0 aliphatic heterocycles. The number of nitrogens with one attached hydrogen (secondary N) is 3. The highest BCUT2D eigenvalue weighted by atomic mass is 35.5. The summed E-state index contributed by atoms with van der Waals surface area (Å²) in [6, 6.07) is 17.6. The number of carbonyl (C=O) groups is 2. The van der Waals surface area contributed by atoms with Gasteiger partial charge in [-0.1, -0.05) is 35.9 Å². The van der Waals surface area contributed by atoms with Crippen molar-refractivity contribution in [2.24, 2.45) is 0 Å². The van der Waals surface area contributed by atoms with Crippen LogP contribution in [-0.2, 0) is 11.3 Å². The highest BCUT2D eigenvalue weighted by Gasteiger charge is 2.09. The van der Waals surface area contributed by atoms with Crippen molar-refractivity contribution in [3.8, 4) is 0 Å². The summed E-state index contributed by atoms with van der Waals surface area (Å²) in [5, 5.41) is 17.1. The van der Waals surface area contributed by atoms with Crippen LogP contribution in [0, 0.1) is 0 Å². The van der Waals surface area contributed by atoms with Crippen molar-refractivity contribution < 1.29 is 9.59 Å². The molecule has 2 aromatic carbocycles. The van der Waals surface area contributed by atoms with Crippen molar-refractivity contribution in [1.29, 1.82) is 0 Å². The maximum atomic E-state index is 12.3. The van der Waals surface area contributed by atoms with E-state index in [4.69, 9.17) is 11.6 Å². The largest absolute Gasteiger partial charge is 0.364 e. The van der Waals surface area contributed by atoms with Gasteiger partial charge in [0.1, 0.15) is 5.82 Å². The number of halogens is 1. The Morgan fingerprint density at radius 3 is 2.36 bits per heavy atom. The molecule has 8 heteroatoms. The predicted octanol–water partition coefficient (Wildman–Crippen LogP) is 3.95. The van der Waals surface area contributed by atoms with E-state index in [-0.39, 0.29) is 11.6 Å². The lowest BCUT2D eigenvalue weighted by molar-refractivity contribution is -0.114. The summed E-state index contributed by atoms with van der Waals surface area (Å²) in [6.07, 6.45) is 0. The van der Waals surface area contributed by atoms with Crippen LogP contribution in [0.2, 0.25) is 5.02 Å². The lowest BCUT2D eigenvalue weighted by atomic mass is 10.2. The predicted molar refractivity (Wildman–Crippen MR) is 110 cm³/mol. The van der Waals surface area contributed by atoms with Gasteiger partial charge in [-0.25, -0.2) is 0 Å². The van der Waals surface area contributed by atoms with Gasteiger partial charge in [0.25, 0.3) is 5.91 Å². The second-order valence-corrected chi connectivity index (χ2v) is 6.37. The standard InChI is InChI=1S/C20H18ClN5O2/c1-13(27)23-15-6-4-7-16(11-15)24-20(28)18-9-10-19(26-25-18)22-12-14-5-2-3-8-17(14)21/h2-11H,12H2,1H3,(H,22,26)(H,23,27)(H,24,28). The topological polar surface area (TPSA) is 96.0 Å². The zero-order valence-electron chi connectivity index (χ0n) is 15.1. The van der Waals surface area contributed by atoms with Gasteiger partial charge in [-0.3, -0.25) is 9.59 Å². The van der Waals surface area contributed by atoms with E-state index in [1.165, 1.54) is 6.92 Å². The second kappa shape index (κ2) is 8.96. The van der Waals surface area contributed by atoms with E-state index in [0.29, 0.717) is 28.8 Å². The summed E-state index contributed by atoms with van der Waals surface area (Å²) >= 11 is 6.12. The molecule has 0 unspecified atom stereocenters. The molecule has 28 heavy (non-hydrogen) atoms. The molecular formula is C20H18ClN5O2. The fourth-order valence-electron chi connectivity index (χ4n) is 2.45. The molecule has 142 valence electrons. The first-order chi connectivity index (χ1) is 13.5. The van der Waals surface area contributed by atoms with E-state index < -0.39 is 5.91 Å². The van der Waals surface area contributed by atoms with Crippen LogP contribution in [0.1, 0.15) is 23.0 Å². The molecule has 7 nitrogen and oxygen atoms in total. The highest BCUT2D eigenvalue weighted by Crippen LogP contribution is 2.17. The van der Waals surface area contributed by atoms with Crippen LogP contribution in [0.4, 0.5) is 17.2 Å². The Bertz CT molecular complexity index is 992. The van der Waals surface area contributed by atoms with Gasteiger partial charge in [0.2, 0.25) is 5.91 Å². The average Bonchev–Trinajstić information content (AvgIpc) is 2.67. The van der Waals surface area contributed by atoms with E-state index in [2.05, 4.69) is 26.1 Å². The molecule has 0 saturated carbocycles. The van der Waals surface area contributed by atoms with Crippen molar-refractivity contribution in [1.82, 2.24) is 10.2 Å². The average molecular weight is 396 g/mol. The maximum Gasteiger partial charge on any atom is 0.276 e. The van der Waals surface area contributed by atoms with Crippen molar-refractivity contribution in [3.05, 3.63) is 76.9 Å². The molecule has 0 saturated heterocycles. The molecular weight excluding hydrogens is 378 g/mol. The summed E-state index contributed by atoms with van der Waals surface area (Å²) < 4.78 is 0. The minimum Gasteiger partial charge on any atom is -0.364 e. The zero-order chi connectivity index (χ0) is 19.9. The van der Waals surface area contributed by atoms with E-state index in [1.54, 1.807) is 36.4 Å². The van der Waals surface area contributed by atoms with E-state index in [1.807, 2.05) is 24.3 Å². The summed E-state index contributed by atoms with van der Waals surface area (Å²) in [6.45, 7) is 1.91. The Balaban J connectivity index is 1.61. The van der Waals surface area contributed by atoms with E-state index >= 15 is 0 Å². The van der Waals surface area contributed by atoms with E-state index in [9.17, 15) is 9.59 Å². The first-order valence-electron chi connectivity index (χ1n) is 8.51. The molecule has 0 radical (unpaired) electrons. The SMILES string of the molecule is CC(=O)Nc1cccc(NC(=O)c2ccc(NCc3ccccc3Cl)nn2)c1. The number of amides is 2. The second-order valence-electron chi connectivity index (χ2n) is 5.96. The lowest BCUT2D eigenvalue weighted by Crippen LogP contribution is -2.15. The maximum absolute atomic E-state index is 12.3. The van der Waals surface area contributed by atoms with E-state index in [0.717, 1.165) is 5.56 Å². The molecule has 2 amide bonds. The van der Waals surface area contributed by atoms with Gasteiger partial charge < -0.3 is 16.0 Å². The van der Waals surface area contributed by atoms with Gasteiger partial charge in [-0.2, -0.15) is 0 Å². The molecule has 0 spiro atoms. The number of nitrogens with zero attached hydrogens (tertiary/aromatic N) is 2. The van der Waals surface area contributed by atoms with Crippen LogP contribution in [0.25, 0.3) is 0 Å². The lowest BCUT2D eigenvalue weighted by Gasteiger charge is -2.09. The van der Waals surface area contributed by atoms with Crippen molar-refractivity contribution >= 4 is 40.6 Å². The quantitative estimate of drug-likeness (QED) is 0.587. The van der Waals surface area contributed by atoms with Gasteiger partial charge in [0, 0.05) is 29.9 Å². The Kier molecular flexibility index (Phi) is 6.18. The zero-order valence-corrected chi connectivity index (χ0v) is 15.8. The number of hydrogen-bond acceptors (Lipinski definition) is 5. The van der Waals surface area contributed by atoms with Gasteiger partial charge in [0.05, 0.1) is 0 Å². The summed E-state index contributed by atoms with van der Waals surface area (Å²) in [7, 11) is 0. The number of benzene rings is 2. The fourth-order valence-corrected chi connectivity index (χ4v) is 2.65. The molecule has 1 aromatic heterocycles. The van der Waals surface area contributed by atoms with Gasteiger partial charge >= 0.3 is 0 Å². The van der Waals surface area contributed by atoms with Crippen LogP contribution in [0.3, 0.4) is 0 Å². The summed E-state index contributed by atoms with van der Waals surface area (Å²) in [5.41, 5.74) is 2.24. The molecule has 3 aromatic rings. The van der Waals surface area contributed by atoms with Crippen LogP contribution in [-0.4, -0.2) is 22.0 Å². The third-order valence-corrected chi connectivity index (χ3v) is 4.12. The Morgan fingerprint density at radius 1 is 0.929 bits per heavy atom. The fraction of sp³-hybridized carbons (Fsp3) is 0.100. The molecule has 0 atom stereocenters. The smallest absolute Gasteiger partial charge is 0.276 e. The molecule has 1 heterocycles. The number of aromatic nitrogens is 2. The molecule has 0 fully saturated rings. The van der Waals surface area contributed by atoms with Crippen molar-refractivity contribution in [2.75, 3.05) is 16.0 Å². The first-order valence-corrected chi connectivity index (χ1v) is 8.89. The van der Waals surface area contributed by atoms with Crippen LogP contribution < -0.4 is 16.0 Å². The van der Waals surface area contributed by atoms with Crippen LogP contribution >= 0.6 is 11.6 Å². The molecule has 0 aliphatic carbocycles.